The number of fused-ring (bicyclic) bond motifs is 1. The van der Waals surface area contributed by atoms with Crippen molar-refractivity contribution in [1.29, 1.82) is 0 Å². The fourth-order valence-electron chi connectivity index (χ4n) is 3.71. The molecular formula is C17H25N3O. The first-order valence-corrected chi connectivity index (χ1v) is 8.27. The van der Waals surface area contributed by atoms with Crippen molar-refractivity contribution in [3.63, 3.8) is 0 Å². The van der Waals surface area contributed by atoms with Crippen LogP contribution in [0.3, 0.4) is 0 Å². The third kappa shape index (κ3) is 2.86. The molecule has 21 heavy (non-hydrogen) atoms. The largest absolute Gasteiger partial charge is 0.372 e. The summed E-state index contributed by atoms with van der Waals surface area (Å²) >= 11 is 0. The molecule has 114 valence electrons. The quantitative estimate of drug-likeness (QED) is 0.893. The van der Waals surface area contributed by atoms with E-state index in [4.69, 9.17) is 4.74 Å². The van der Waals surface area contributed by atoms with Crippen molar-refractivity contribution >= 4 is 0 Å². The number of hydrogen-bond acceptors (Lipinski definition) is 4. The molecule has 0 amide bonds. The Balaban J connectivity index is 1.35. The maximum Gasteiger partial charge on any atom is 0.0954 e. The number of rotatable bonds is 3. The van der Waals surface area contributed by atoms with Gasteiger partial charge in [-0.3, -0.25) is 9.80 Å². The predicted molar refractivity (Wildman–Crippen MR) is 83.5 cm³/mol. The third-order valence-electron chi connectivity index (χ3n) is 5.20. The monoisotopic (exact) mass is 287 g/mol. The maximum absolute atomic E-state index is 6.05. The molecule has 2 fully saturated rings. The van der Waals surface area contributed by atoms with Crippen LogP contribution in [0, 0.1) is 0 Å². The van der Waals surface area contributed by atoms with Gasteiger partial charge in [0.25, 0.3) is 0 Å². The van der Waals surface area contributed by atoms with E-state index in [-0.39, 0.29) is 6.10 Å². The fourth-order valence-corrected chi connectivity index (χ4v) is 3.71. The topological polar surface area (TPSA) is 27.7 Å². The molecule has 2 saturated heterocycles. The van der Waals surface area contributed by atoms with Gasteiger partial charge in [0, 0.05) is 51.9 Å². The Bertz CT molecular complexity index is 481. The highest BCUT2D eigenvalue weighted by molar-refractivity contribution is 5.31. The summed E-state index contributed by atoms with van der Waals surface area (Å²) in [5.41, 5.74) is 2.89. The van der Waals surface area contributed by atoms with Crippen molar-refractivity contribution in [2.24, 2.45) is 0 Å². The lowest BCUT2D eigenvalue weighted by atomic mass is 9.97. The Hall–Kier alpha value is -0.940. The summed E-state index contributed by atoms with van der Waals surface area (Å²) in [6.07, 6.45) is 1.33. The van der Waals surface area contributed by atoms with Gasteiger partial charge in [-0.2, -0.15) is 0 Å². The van der Waals surface area contributed by atoms with Crippen molar-refractivity contribution in [3.8, 4) is 0 Å². The van der Waals surface area contributed by atoms with E-state index in [0.29, 0.717) is 0 Å². The number of ether oxygens (including phenoxy) is 1. The van der Waals surface area contributed by atoms with E-state index >= 15 is 0 Å². The summed E-state index contributed by atoms with van der Waals surface area (Å²) in [4.78, 5) is 5.22. The van der Waals surface area contributed by atoms with Crippen LogP contribution < -0.4 is 5.32 Å². The van der Waals surface area contributed by atoms with Crippen LogP contribution in [0.25, 0.3) is 0 Å². The smallest absolute Gasteiger partial charge is 0.0954 e. The fraction of sp³-hybridized carbons (Fsp3) is 0.647. The number of piperazine rings is 1. The predicted octanol–water partition coefficient (Wildman–Crippen LogP) is 0.890. The number of nitrogens with zero attached hydrogens (tertiary/aromatic N) is 2. The lowest BCUT2D eigenvalue weighted by Crippen LogP contribution is -2.61. The molecule has 4 rings (SSSR count). The zero-order valence-corrected chi connectivity index (χ0v) is 12.6. The summed E-state index contributed by atoms with van der Waals surface area (Å²) < 4.78 is 6.05. The summed E-state index contributed by atoms with van der Waals surface area (Å²) in [5, 5.41) is 3.37. The van der Waals surface area contributed by atoms with E-state index in [9.17, 15) is 0 Å². The normalized spacial score (nSPS) is 28.1. The molecule has 1 aromatic rings. The van der Waals surface area contributed by atoms with Crippen LogP contribution in [-0.4, -0.2) is 68.3 Å². The molecule has 1 N–H and O–H groups in total. The molecular weight excluding hydrogens is 262 g/mol. The van der Waals surface area contributed by atoms with Gasteiger partial charge >= 0.3 is 0 Å². The van der Waals surface area contributed by atoms with Crippen molar-refractivity contribution in [1.82, 2.24) is 15.1 Å². The molecule has 0 saturated carbocycles. The lowest BCUT2D eigenvalue weighted by molar-refractivity contribution is -0.00285. The second-order valence-electron chi connectivity index (χ2n) is 6.46. The van der Waals surface area contributed by atoms with Crippen molar-refractivity contribution < 1.29 is 4.74 Å². The molecule has 3 aliphatic heterocycles. The zero-order valence-electron chi connectivity index (χ0n) is 12.6. The second kappa shape index (κ2) is 6.05. The van der Waals surface area contributed by atoms with E-state index in [0.717, 1.165) is 25.6 Å². The molecule has 4 nitrogen and oxygen atoms in total. The molecule has 0 aliphatic carbocycles. The minimum Gasteiger partial charge on any atom is -0.372 e. The second-order valence-corrected chi connectivity index (χ2v) is 6.46. The minimum absolute atomic E-state index is 0.270. The summed E-state index contributed by atoms with van der Waals surface area (Å²) in [6.45, 7) is 9.06. The molecule has 1 unspecified atom stereocenters. The van der Waals surface area contributed by atoms with E-state index < -0.39 is 0 Å². The molecule has 0 spiro atoms. The van der Waals surface area contributed by atoms with Crippen LogP contribution in [0.2, 0.25) is 0 Å². The van der Waals surface area contributed by atoms with Gasteiger partial charge < -0.3 is 10.1 Å². The zero-order chi connectivity index (χ0) is 14.1. The van der Waals surface area contributed by atoms with Crippen molar-refractivity contribution in [2.75, 3.05) is 52.4 Å². The van der Waals surface area contributed by atoms with Crippen LogP contribution in [0.15, 0.2) is 24.3 Å². The van der Waals surface area contributed by atoms with E-state index in [1.54, 1.807) is 0 Å². The van der Waals surface area contributed by atoms with Gasteiger partial charge in [-0.1, -0.05) is 24.3 Å². The molecule has 0 bridgehead atoms. The van der Waals surface area contributed by atoms with E-state index in [2.05, 4.69) is 39.4 Å². The Kier molecular flexibility index (Phi) is 3.95. The highest BCUT2D eigenvalue weighted by Gasteiger charge is 2.29. The summed E-state index contributed by atoms with van der Waals surface area (Å²) in [6, 6.07) is 9.58. The minimum atomic E-state index is 0.270. The van der Waals surface area contributed by atoms with Crippen LogP contribution in [0.4, 0.5) is 0 Å². The average molecular weight is 287 g/mol. The Labute approximate surface area is 127 Å². The maximum atomic E-state index is 6.05. The third-order valence-corrected chi connectivity index (χ3v) is 5.20. The van der Waals surface area contributed by atoms with Gasteiger partial charge in [-0.15, -0.1) is 0 Å². The number of nitrogens with one attached hydrogen (secondary N) is 1. The standard InChI is InChI=1S/C17H25N3O/c1-2-4-16-14(3-1)5-10-21-17(16)13-19-6-8-20(9-7-19)15-11-18-12-15/h1-4,15,17-18H,5-13H2. The SMILES string of the molecule is c1ccc2c(c1)CCOC2CN1CCN(C2CNC2)CC1. The molecule has 0 radical (unpaired) electrons. The van der Waals surface area contributed by atoms with Gasteiger partial charge in [-0.05, 0) is 17.5 Å². The van der Waals surface area contributed by atoms with Gasteiger partial charge in [0.05, 0.1) is 12.7 Å². The average Bonchev–Trinajstić information content (AvgIpc) is 2.48. The first-order chi connectivity index (χ1) is 10.4. The van der Waals surface area contributed by atoms with E-state index in [1.165, 1.54) is 50.4 Å². The van der Waals surface area contributed by atoms with Crippen LogP contribution in [0.1, 0.15) is 17.2 Å². The molecule has 1 aromatic carbocycles. The highest BCUT2D eigenvalue weighted by Crippen LogP contribution is 2.28. The molecule has 4 heteroatoms. The Morgan fingerprint density at radius 2 is 1.90 bits per heavy atom. The molecule has 0 aromatic heterocycles. The first kappa shape index (κ1) is 13.7. The van der Waals surface area contributed by atoms with E-state index in [1.807, 2.05) is 0 Å². The Morgan fingerprint density at radius 3 is 2.67 bits per heavy atom. The lowest BCUT2D eigenvalue weighted by Gasteiger charge is -2.44. The van der Waals surface area contributed by atoms with Crippen LogP contribution in [-0.2, 0) is 11.2 Å². The molecule has 3 aliphatic rings. The summed E-state index contributed by atoms with van der Waals surface area (Å²) in [5.74, 6) is 0. The first-order valence-electron chi connectivity index (χ1n) is 8.27. The number of benzene rings is 1. The van der Waals surface area contributed by atoms with Crippen LogP contribution >= 0.6 is 0 Å². The summed E-state index contributed by atoms with van der Waals surface area (Å²) in [7, 11) is 0. The van der Waals surface area contributed by atoms with Gasteiger partial charge in [0.15, 0.2) is 0 Å². The van der Waals surface area contributed by atoms with Crippen molar-refractivity contribution in [3.05, 3.63) is 35.4 Å². The Morgan fingerprint density at radius 1 is 1.10 bits per heavy atom. The van der Waals surface area contributed by atoms with Gasteiger partial charge in [0.2, 0.25) is 0 Å². The van der Waals surface area contributed by atoms with Crippen LogP contribution in [0.5, 0.6) is 0 Å². The molecule has 3 heterocycles. The highest BCUT2D eigenvalue weighted by atomic mass is 16.5. The number of hydrogen-bond donors (Lipinski definition) is 1. The molecule has 1 atom stereocenters. The van der Waals surface area contributed by atoms with Gasteiger partial charge in [0.1, 0.15) is 0 Å². The van der Waals surface area contributed by atoms with Gasteiger partial charge in [-0.25, -0.2) is 0 Å². The van der Waals surface area contributed by atoms with Crippen molar-refractivity contribution in [2.45, 2.75) is 18.6 Å².